The summed E-state index contributed by atoms with van der Waals surface area (Å²) in [5.74, 6) is 6.26. The number of methoxy groups -OCH3 is 1. The molecule has 18 heavy (non-hydrogen) atoms. The Kier molecular flexibility index (Phi) is 3.54. The Hall–Kier alpha value is -1.59. The van der Waals surface area contributed by atoms with Crippen molar-refractivity contribution in [3.8, 4) is 17.0 Å². The Balaban J connectivity index is 2.66. The Morgan fingerprint density at radius 1 is 1.28 bits per heavy atom. The molecule has 2 aromatic rings. The molecule has 0 amide bonds. The van der Waals surface area contributed by atoms with Crippen LogP contribution in [0.25, 0.3) is 11.3 Å². The summed E-state index contributed by atoms with van der Waals surface area (Å²) >= 11 is 1.48. The molecule has 0 saturated carbocycles. The monoisotopic (exact) mass is 263 g/mol. The predicted octanol–water partition coefficient (Wildman–Crippen LogP) is 3.03. The molecular formula is C13H17N3OS. The summed E-state index contributed by atoms with van der Waals surface area (Å²) < 4.78 is 5.55. The van der Waals surface area contributed by atoms with Crippen LogP contribution in [0, 0.1) is 20.8 Å². The number of aromatic nitrogens is 1. The minimum atomic E-state index is 0.699. The molecule has 96 valence electrons. The number of hydrogen-bond acceptors (Lipinski definition) is 5. The molecule has 0 radical (unpaired) electrons. The first kappa shape index (κ1) is 12.9. The van der Waals surface area contributed by atoms with Crippen LogP contribution in [0.5, 0.6) is 5.75 Å². The molecule has 0 aliphatic carbocycles. The van der Waals surface area contributed by atoms with Gasteiger partial charge in [0.2, 0.25) is 0 Å². The van der Waals surface area contributed by atoms with E-state index in [1.165, 1.54) is 16.9 Å². The van der Waals surface area contributed by atoms with Gasteiger partial charge in [0.15, 0.2) is 5.13 Å². The number of aryl methyl sites for hydroxylation is 2. The minimum absolute atomic E-state index is 0.699. The molecule has 1 heterocycles. The lowest BCUT2D eigenvalue weighted by Crippen LogP contribution is -2.06. The highest BCUT2D eigenvalue weighted by atomic mass is 32.1. The van der Waals surface area contributed by atoms with Gasteiger partial charge in [0, 0.05) is 10.9 Å². The van der Waals surface area contributed by atoms with Crippen LogP contribution in [-0.2, 0) is 0 Å². The summed E-state index contributed by atoms with van der Waals surface area (Å²) in [6.45, 7) is 6.22. The molecule has 1 aromatic heterocycles. The largest absolute Gasteiger partial charge is 0.496 e. The molecule has 0 atom stereocenters. The Morgan fingerprint density at radius 3 is 2.56 bits per heavy atom. The van der Waals surface area contributed by atoms with E-state index >= 15 is 0 Å². The zero-order valence-corrected chi connectivity index (χ0v) is 11.8. The van der Waals surface area contributed by atoms with E-state index in [-0.39, 0.29) is 0 Å². The fraction of sp³-hybridized carbons (Fsp3) is 0.308. The van der Waals surface area contributed by atoms with Crippen molar-refractivity contribution in [2.24, 2.45) is 5.84 Å². The lowest BCUT2D eigenvalue weighted by atomic mass is 9.97. The highest BCUT2D eigenvalue weighted by Gasteiger charge is 2.16. The first-order valence-corrected chi connectivity index (χ1v) is 6.53. The van der Waals surface area contributed by atoms with Crippen molar-refractivity contribution in [1.29, 1.82) is 0 Å². The van der Waals surface area contributed by atoms with E-state index in [4.69, 9.17) is 10.6 Å². The van der Waals surface area contributed by atoms with Gasteiger partial charge in [0.25, 0.3) is 0 Å². The van der Waals surface area contributed by atoms with Crippen molar-refractivity contribution in [2.45, 2.75) is 20.8 Å². The summed E-state index contributed by atoms with van der Waals surface area (Å²) in [5.41, 5.74) is 8.03. The highest BCUT2D eigenvalue weighted by Crippen LogP contribution is 2.38. The molecule has 0 spiro atoms. The number of anilines is 1. The maximum atomic E-state index is 5.55. The van der Waals surface area contributed by atoms with Crippen LogP contribution in [0.3, 0.4) is 0 Å². The van der Waals surface area contributed by atoms with Gasteiger partial charge in [-0.15, -0.1) is 11.3 Å². The van der Waals surface area contributed by atoms with Gasteiger partial charge < -0.3 is 4.74 Å². The molecule has 0 aliphatic rings. The Labute approximate surface area is 111 Å². The zero-order chi connectivity index (χ0) is 13.3. The maximum Gasteiger partial charge on any atom is 0.197 e. The molecule has 0 aliphatic heterocycles. The van der Waals surface area contributed by atoms with Crippen molar-refractivity contribution in [1.82, 2.24) is 4.98 Å². The average molecular weight is 263 g/mol. The van der Waals surface area contributed by atoms with E-state index in [1.807, 2.05) is 5.38 Å². The zero-order valence-electron chi connectivity index (χ0n) is 11.0. The second-order valence-electron chi connectivity index (χ2n) is 4.23. The third-order valence-electron chi connectivity index (χ3n) is 3.07. The van der Waals surface area contributed by atoms with Crippen LogP contribution in [0.4, 0.5) is 5.13 Å². The number of ether oxygens (including phenoxy) is 1. The molecular weight excluding hydrogens is 246 g/mol. The van der Waals surface area contributed by atoms with E-state index in [9.17, 15) is 0 Å². The van der Waals surface area contributed by atoms with Crippen LogP contribution in [-0.4, -0.2) is 12.1 Å². The number of nitrogens with two attached hydrogens (primary N) is 1. The number of hydrogen-bond donors (Lipinski definition) is 2. The number of hydrazine groups is 1. The van der Waals surface area contributed by atoms with Crippen molar-refractivity contribution in [3.05, 3.63) is 28.1 Å². The highest BCUT2D eigenvalue weighted by molar-refractivity contribution is 7.14. The van der Waals surface area contributed by atoms with Gasteiger partial charge in [-0.3, -0.25) is 5.43 Å². The minimum Gasteiger partial charge on any atom is -0.496 e. The summed E-state index contributed by atoms with van der Waals surface area (Å²) in [4.78, 5) is 4.44. The van der Waals surface area contributed by atoms with Gasteiger partial charge in [-0.2, -0.15) is 0 Å². The van der Waals surface area contributed by atoms with Crippen molar-refractivity contribution >= 4 is 16.5 Å². The number of rotatable bonds is 3. The number of nitrogens with one attached hydrogen (secondary N) is 1. The summed E-state index contributed by atoms with van der Waals surface area (Å²) in [6, 6.07) is 2.15. The van der Waals surface area contributed by atoms with Crippen LogP contribution >= 0.6 is 11.3 Å². The lowest BCUT2D eigenvalue weighted by Gasteiger charge is -2.15. The number of nitrogens with zero attached hydrogens (tertiary/aromatic N) is 1. The second-order valence-corrected chi connectivity index (χ2v) is 5.08. The SMILES string of the molecule is COc1c(C)c(C)cc(C)c1-c1csc(NN)n1. The van der Waals surface area contributed by atoms with E-state index in [2.05, 4.69) is 37.2 Å². The van der Waals surface area contributed by atoms with Crippen molar-refractivity contribution in [2.75, 3.05) is 12.5 Å². The first-order chi connectivity index (χ1) is 8.58. The van der Waals surface area contributed by atoms with Gasteiger partial charge >= 0.3 is 0 Å². The third-order valence-corrected chi connectivity index (χ3v) is 3.85. The van der Waals surface area contributed by atoms with Gasteiger partial charge in [0.05, 0.1) is 12.8 Å². The standard InChI is InChI=1S/C13H17N3OS/c1-7-5-8(2)11(12(17-4)9(7)3)10-6-18-13(15-10)16-14/h5-6H,14H2,1-4H3,(H,15,16). The fourth-order valence-electron chi connectivity index (χ4n) is 2.08. The lowest BCUT2D eigenvalue weighted by molar-refractivity contribution is 0.412. The Bertz CT molecular complexity index is 578. The molecule has 0 fully saturated rings. The molecule has 0 bridgehead atoms. The van der Waals surface area contributed by atoms with Crippen molar-refractivity contribution < 1.29 is 4.74 Å². The average Bonchev–Trinajstić information content (AvgIpc) is 2.81. The van der Waals surface area contributed by atoms with E-state index in [1.54, 1.807) is 7.11 Å². The van der Waals surface area contributed by atoms with Gasteiger partial charge in [-0.1, -0.05) is 6.07 Å². The van der Waals surface area contributed by atoms with E-state index < -0.39 is 0 Å². The maximum absolute atomic E-state index is 5.55. The number of thiazole rings is 1. The van der Waals surface area contributed by atoms with Crippen molar-refractivity contribution in [3.63, 3.8) is 0 Å². The van der Waals surface area contributed by atoms with Gasteiger partial charge in [0.1, 0.15) is 5.75 Å². The van der Waals surface area contributed by atoms with Crippen LogP contribution in [0.15, 0.2) is 11.4 Å². The summed E-state index contributed by atoms with van der Waals surface area (Å²) in [7, 11) is 1.69. The molecule has 2 rings (SSSR count). The quantitative estimate of drug-likeness (QED) is 0.660. The van der Waals surface area contributed by atoms with E-state index in [0.29, 0.717) is 5.13 Å². The topological polar surface area (TPSA) is 60.2 Å². The molecule has 4 nitrogen and oxygen atoms in total. The summed E-state index contributed by atoms with van der Waals surface area (Å²) in [6.07, 6.45) is 0. The summed E-state index contributed by atoms with van der Waals surface area (Å²) in [5, 5.41) is 2.68. The third kappa shape index (κ3) is 2.07. The normalized spacial score (nSPS) is 10.5. The molecule has 5 heteroatoms. The molecule has 3 N–H and O–H groups in total. The molecule has 1 aromatic carbocycles. The van der Waals surface area contributed by atoms with Crippen LogP contribution < -0.4 is 16.0 Å². The smallest absolute Gasteiger partial charge is 0.197 e. The van der Waals surface area contributed by atoms with Crippen LogP contribution in [0.1, 0.15) is 16.7 Å². The number of nitrogen functional groups attached to an aromatic ring is 1. The Morgan fingerprint density at radius 2 is 2.00 bits per heavy atom. The fourth-order valence-corrected chi connectivity index (χ4v) is 2.69. The number of benzene rings is 1. The van der Waals surface area contributed by atoms with E-state index in [0.717, 1.165) is 28.1 Å². The first-order valence-electron chi connectivity index (χ1n) is 5.65. The predicted molar refractivity (Wildman–Crippen MR) is 76.1 cm³/mol. The van der Waals surface area contributed by atoms with Gasteiger partial charge in [-0.25, -0.2) is 10.8 Å². The van der Waals surface area contributed by atoms with Gasteiger partial charge in [-0.05, 0) is 37.5 Å². The van der Waals surface area contributed by atoms with Crippen LogP contribution in [0.2, 0.25) is 0 Å². The molecule has 0 saturated heterocycles. The second kappa shape index (κ2) is 4.96. The molecule has 0 unspecified atom stereocenters.